The maximum Gasteiger partial charge on any atom is 0.737 e. The number of fused-ring (bicyclic) bond motifs is 2. The molecular weight excluding hydrogens is 321 g/mol. The van der Waals surface area contributed by atoms with Crippen molar-refractivity contribution in [3.63, 3.8) is 0 Å². The average Bonchev–Trinajstić information content (AvgIpc) is 3.18. The van der Waals surface area contributed by atoms with Crippen LogP contribution in [0.15, 0.2) is 35.8 Å². The number of allylic oxidation sites excluding steroid dienone is 2. The number of nitrogens with zero attached hydrogens (tertiary/aromatic N) is 4. The molecule has 130 valence electrons. The molecule has 2 aromatic rings. The van der Waals surface area contributed by atoms with Crippen LogP contribution in [-0.4, -0.2) is 31.4 Å². The summed E-state index contributed by atoms with van der Waals surface area (Å²) < 4.78 is 35.2. The zero-order valence-corrected chi connectivity index (χ0v) is 15.1. The van der Waals surface area contributed by atoms with Gasteiger partial charge in [0, 0.05) is 42.6 Å². The van der Waals surface area contributed by atoms with E-state index in [1.54, 1.807) is 20.0 Å². The standard InChI is InChI=1S/C18H21BF2N4/c1-6-23-10-15(9-22-23)16-17-11(2)7-13(4)24(17)19(20,21)25-14(5)8-12(3)18(16)25/h7-10H,6H2,1-5H3. The molecule has 0 saturated carbocycles. The van der Waals surface area contributed by atoms with Crippen LogP contribution in [0, 0.1) is 13.8 Å². The van der Waals surface area contributed by atoms with E-state index < -0.39 is 6.97 Å². The molecule has 2 aliphatic rings. The predicted molar refractivity (Wildman–Crippen MR) is 95.9 cm³/mol. The van der Waals surface area contributed by atoms with Crippen molar-refractivity contribution in [1.82, 2.24) is 14.3 Å². The summed E-state index contributed by atoms with van der Waals surface area (Å²) in [5, 5.41) is 4.36. The fourth-order valence-corrected chi connectivity index (χ4v) is 4.24. The minimum atomic E-state index is -3.91. The lowest BCUT2D eigenvalue weighted by Gasteiger charge is -2.33. The van der Waals surface area contributed by atoms with Crippen LogP contribution >= 0.6 is 0 Å². The Morgan fingerprint density at radius 2 is 1.92 bits per heavy atom. The first-order chi connectivity index (χ1) is 11.8. The zero-order chi connectivity index (χ0) is 18.1. The first-order valence-corrected chi connectivity index (χ1v) is 8.57. The van der Waals surface area contributed by atoms with E-state index in [0.29, 0.717) is 22.8 Å². The lowest BCUT2D eigenvalue weighted by atomic mass is 9.84. The Morgan fingerprint density at radius 3 is 2.56 bits per heavy atom. The first-order valence-electron chi connectivity index (χ1n) is 8.57. The monoisotopic (exact) mass is 342 g/mol. The predicted octanol–water partition coefficient (Wildman–Crippen LogP) is 3.75. The molecule has 0 aliphatic carbocycles. The fourth-order valence-electron chi connectivity index (χ4n) is 4.24. The fraction of sp³-hybridized carbons (Fsp3) is 0.333. The van der Waals surface area contributed by atoms with Gasteiger partial charge >= 0.3 is 6.97 Å². The molecule has 4 nitrogen and oxygen atoms in total. The van der Waals surface area contributed by atoms with Gasteiger partial charge in [-0.1, -0.05) is 0 Å². The van der Waals surface area contributed by atoms with Crippen LogP contribution in [0.1, 0.15) is 43.3 Å². The van der Waals surface area contributed by atoms with Crippen molar-refractivity contribution >= 4 is 18.3 Å². The van der Waals surface area contributed by atoms with E-state index >= 15 is 8.63 Å². The Balaban J connectivity index is 2.15. The molecular formula is C18H21BF2N4. The number of hydrogen-bond donors (Lipinski definition) is 0. The summed E-state index contributed by atoms with van der Waals surface area (Å²) in [7, 11) is 0. The Morgan fingerprint density at radius 1 is 1.20 bits per heavy atom. The molecule has 0 radical (unpaired) electrons. The van der Waals surface area contributed by atoms with E-state index in [2.05, 4.69) is 5.10 Å². The number of hydrogen-bond acceptors (Lipinski definition) is 1. The van der Waals surface area contributed by atoms with Crippen LogP contribution in [0.25, 0.3) is 5.57 Å². The van der Waals surface area contributed by atoms with Crippen molar-refractivity contribution in [2.24, 2.45) is 0 Å². The molecule has 0 N–H and O–H groups in total. The molecule has 0 aromatic carbocycles. The molecule has 7 heteroatoms. The molecule has 0 unspecified atom stereocenters. The van der Waals surface area contributed by atoms with Crippen LogP contribution < -0.4 is 0 Å². The lowest BCUT2D eigenvalue weighted by Crippen LogP contribution is -2.51. The highest BCUT2D eigenvalue weighted by Crippen LogP contribution is 2.43. The minimum absolute atomic E-state index is 0.578. The van der Waals surface area contributed by atoms with E-state index in [9.17, 15) is 0 Å². The van der Waals surface area contributed by atoms with Crippen LogP contribution in [0.2, 0.25) is 0 Å². The van der Waals surface area contributed by atoms with Gasteiger partial charge in [0.15, 0.2) is 5.70 Å². The second-order valence-corrected chi connectivity index (χ2v) is 6.92. The largest absolute Gasteiger partial charge is 0.737 e. The number of aromatic nitrogens is 3. The average molecular weight is 342 g/mol. The second kappa shape index (κ2) is 5.03. The molecule has 2 aliphatic heterocycles. The Bertz CT molecular complexity index is 1000. The van der Waals surface area contributed by atoms with Gasteiger partial charge in [-0.3, -0.25) is 4.68 Å². The lowest BCUT2D eigenvalue weighted by molar-refractivity contribution is -0.363. The summed E-state index contributed by atoms with van der Waals surface area (Å²) in [6, 6.07) is 1.84. The normalized spacial score (nSPS) is 18.6. The molecule has 4 heterocycles. The van der Waals surface area contributed by atoms with Crippen LogP contribution in [0.3, 0.4) is 0 Å². The van der Waals surface area contributed by atoms with Gasteiger partial charge in [0.25, 0.3) is 0 Å². The second-order valence-electron chi connectivity index (χ2n) is 6.92. The van der Waals surface area contributed by atoms with Gasteiger partial charge in [-0.05, 0) is 45.0 Å². The highest BCUT2D eigenvalue weighted by molar-refractivity contribution is 6.58. The summed E-state index contributed by atoms with van der Waals surface area (Å²) in [5.41, 5.74) is 5.80. The molecule has 4 rings (SSSR count). The molecule has 0 bridgehead atoms. The summed E-state index contributed by atoms with van der Waals surface area (Å²) >= 11 is 0. The van der Waals surface area contributed by atoms with Crippen molar-refractivity contribution in [3.8, 4) is 0 Å². The summed E-state index contributed by atoms with van der Waals surface area (Å²) in [6.45, 7) is 6.13. The van der Waals surface area contributed by atoms with Gasteiger partial charge in [0.2, 0.25) is 0 Å². The third-order valence-corrected chi connectivity index (χ3v) is 5.18. The Kier molecular flexibility index (Phi) is 3.23. The summed E-state index contributed by atoms with van der Waals surface area (Å²) in [5.74, 6) is 0. The van der Waals surface area contributed by atoms with Gasteiger partial charge in [-0.25, -0.2) is 0 Å². The van der Waals surface area contributed by atoms with Gasteiger partial charge < -0.3 is 17.6 Å². The Hall–Kier alpha value is -2.44. The topological polar surface area (TPSA) is 25.8 Å². The third-order valence-electron chi connectivity index (χ3n) is 5.18. The number of aryl methyl sites for hydroxylation is 3. The molecule has 0 atom stereocenters. The molecule has 0 fully saturated rings. The van der Waals surface area contributed by atoms with Crippen molar-refractivity contribution in [2.45, 2.75) is 41.2 Å². The van der Waals surface area contributed by atoms with Crippen LogP contribution in [0.4, 0.5) is 8.63 Å². The molecule has 0 saturated heterocycles. The Labute approximate surface area is 145 Å². The number of rotatable bonds is 2. The van der Waals surface area contributed by atoms with E-state index in [0.717, 1.165) is 28.8 Å². The zero-order valence-electron chi connectivity index (χ0n) is 15.1. The highest BCUT2D eigenvalue weighted by Gasteiger charge is 2.55. The summed E-state index contributed by atoms with van der Waals surface area (Å²) in [4.78, 5) is 0. The van der Waals surface area contributed by atoms with Gasteiger partial charge in [-0.2, -0.15) is 5.10 Å². The molecule has 0 amide bonds. The smallest absolute Gasteiger partial charge is 0.393 e. The van der Waals surface area contributed by atoms with Crippen molar-refractivity contribution in [1.29, 1.82) is 0 Å². The number of halogens is 2. The SMILES string of the molecule is CCn1cc(C2=C3C(C)=CC(C)=[N+]3[B-](F)(F)n3c(C)cc(C)c32)cn1. The minimum Gasteiger partial charge on any atom is -0.393 e. The van der Waals surface area contributed by atoms with Gasteiger partial charge in [0.1, 0.15) is 5.71 Å². The summed E-state index contributed by atoms with van der Waals surface area (Å²) in [6.07, 6.45) is 5.55. The van der Waals surface area contributed by atoms with Crippen molar-refractivity contribution in [3.05, 3.63) is 58.3 Å². The maximum absolute atomic E-state index is 15.5. The molecule has 25 heavy (non-hydrogen) atoms. The van der Waals surface area contributed by atoms with Gasteiger partial charge in [0.05, 0.1) is 11.8 Å². The highest BCUT2D eigenvalue weighted by atomic mass is 19.2. The first kappa shape index (κ1) is 16.1. The van der Waals surface area contributed by atoms with E-state index in [1.807, 2.05) is 43.8 Å². The molecule has 0 spiro atoms. The van der Waals surface area contributed by atoms with E-state index in [-0.39, 0.29) is 0 Å². The van der Waals surface area contributed by atoms with E-state index in [1.165, 1.54) is 8.96 Å². The molecule has 2 aromatic heterocycles. The van der Waals surface area contributed by atoms with E-state index in [4.69, 9.17) is 0 Å². The maximum atomic E-state index is 15.5. The third kappa shape index (κ3) is 1.98. The van der Waals surface area contributed by atoms with Crippen LogP contribution in [-0.2, 0) is 6.54 Å². The van der Waals surface area contributed by atoms with Crippen LogP contribution in [0.5, 0.6) is 0 Å². The van der Waals surface area contributed by atoms with Gasteiger partial charge in [-0.15, -0.1) is 0 Å². The van der Waals surface area contributed by atoms with Crippen molar-refractivity contribution in [2.75, 3.05) is 0 Å². The van der Waals surface area contributed by atoms with Crippen molar-refractivity contribution < 1.29 is 13.1 Å². The quantitative estimate of drug-likeness (QED) is 0.764.